The number of nitrogens with zero attached hydrogens (tertiary/aromatic N) is 2. The summed E-state index contributed by atoms with van der Waals surface area (Å²) in [7, 11) is 3.22. The summed E-state index contributed by atoms with van der Waals surface area (Å²) in [6.07, 6.45) is 0.988. The number of carbonyl (C=O) groups excluding carboxylic acids is 2. The molecule has 0 saturated heterocycles. The Labute approximate surface area is 209 Å². The fraction of sp³-hybridized carbons (Fsp3) is 0.385. The first-order valence-electron chi connectivity index (χ1n) is 11.2. The number of hydrogen-bond acceptors (Lipinski definition) is 6. The van der Waals surface area contributed by atoms with Crippen molar-refractivity contribution in [3.05, 3.63) is 68.5 Å². The summed E-state index contributed by atoms with van der Waals surface area (Å²) in [5.74, 6) is 1.26. The Morgan fingerprint density at radius 2 is 1.59 bits per heavy atom. The molecule has 0 radical (unpaired) electrons. The average Bonchev–Trinajstić information content (AvgIpc) is 3.53. The minimum atomic E-state index is -0.0640. The molecule has 0 saturated carbocycles. The molecule has 0 spiro atoms. The van der Waals surface area contributed by atoms with Gasteiger partial charge in [0.25, 0.3) is 0 Å². The molecule has 0 bridgehead atoms. The molecule has 2 aromatic heterocycles. The van der Waals surface area contributed by atoms with Gasteiger partial charge in [-0.25, -0.2) is 0 Å². The number of carbonyl (C=O) groups is 2. The monoisotopic (exact) mass is 500 g/mol. The molecular weight excluding hydrogens is 468 g/mol. The van der Waals surface area contributed by atoms with E-state index >= 15 is 0 Å². The smallest absolute Gasteiger partial charge is 0.242 e. The highest BCUT2D eigenvalue weighted by Gasteiger charge is 2.24. The van der Waals surface area contributed by atoms with Crippen molar-refractivity contribution in [2.24, 2.45) is 0 Å². The van der Waals surface area contributed by atoms with Gasteiger partial charge >= 0.3 is 0 Å². The molecule has 3 aromatic rings. The summed E-state index contributed by atoms with van der Waals surface area (Å²) in [5.41, 5.74) is 1.05. The Morgan fingerprint density at radius 1 is 0.912 bits per heavy atom. The zero-order valence-corrected chi connectivity index (χ0v) is 21.8. The largest absolute Gasteiger partial charge is 0.493 e. The highest BCUT2D eigenvalue weighted by Crippen LogP contribution is 2.28. The Hall–Kier alpha value is -2.84. The molecule has 0 fully saturated rings. The fourth-order valence-electron chi connectivity index (χ4n) is 3.65. The van der Waals surface area contributed by atoms with Crippen LogP contribution in [0.2, 0.25) is 0 Å². The Balaban J connectivity index is 1.72. The summed E-state index contributed by atoms with van der Waals surface area (Å²) in [6, 6.07) is 13.7. The van der Waals surface area contributed by atoms with Crippen molar-refractivity contribution in [2.45, 2.75) is 39.3 Å². The van der Waals surface area contributed by atoms with Crippen LogP contribution in [0.4, 0.5) is 0 Å². The van der Waals surface area contributed by atoms with E-state index in [4.69, 9.17) is 9.47 Å². The van der Waals surface area contributed by atoms with Crippen molar-refractivity contribution in [3.63, 3.8) is 0 Å². The van der Waals surface area contributed by atoms with Gasteiger partial charge in [-0.2, -0.15) is 0 Å². The molecule has 8 heteroatoms. The minimum absolute atomic E-state index is 0.0261. The first kappa shape index (κ1) is 25.8. The van der Waals surface area contributed by atoms with Crippen LogP contribution in [0, 0.1) is 0 Å². The van der Waals surface area contributed by atoms with Crippen molar-refractivity contribution in [3.8, 4) is 11.5 Å². The van der Waals surface area contributed by atoms with Crippen LogP contribution in [0.3, 0.4) is 0 Å². The van der Waals surface area contributed by atoms with E-state index in [9.17, 15) is 9.59 Å². The second-order valence-corrected chi connectivity index (χ2v) is 10.3. The van der Waals surface area contributed by atoms with Gasteiger partial charge in [-0.15, -0.1) is 22.7 Å². The van der Waals surface area contributed by atoms with E-state index in [2.05, 4.69) is 0 Å². The predicted molar refractivity (Wildman–Crippen MR) is 138 cm³/mol. The lowest BCUT2D eigenvalue weighted by atomic mass is 10.1. The normalized spacial score (nSPS) is 10.9. The summed E-state index contributed by atoms with van der Waals surface area (Å²) < 4.78 is 10.7. The fourth-order valence-corrected chi connectivity index (χ4v) is 5.07. The van der Waals surface area contributed by atoms with Crippen molar-refractivity contribution >= 4 is 34.5 Å². The van der Waals surface area contributed by atoms with Crippen LogP contribution in [-0.2, 0) is 29.0 Å². The molecule has 0 aliphatic heterocycles. The van der Waals surface area contributed by atoms with Crippen LogP contribution in [0.5, 0.6) is 11.5 Å². The average molecular weight is 501 g/mol. The van der Waals surface area contributed by atoms with E-state index < -0.39 is 0 Å². The molecule has 182 valence electrons. The van der Waals surface area contributed by atoms with Gasteiger partial charge in [-0.05, 0) is 60.9 Å². The van der Waals surface area contributed by atoms with Gasteiger partial charge < -0.3 is 19.3 Å². The minimum Gasteiger partial charge on any atom is -0.493 e. The molecule has 0 aliphatic rings. The number of thiophene rings is 2. The van der Waals surface area contributed by atoms with Crippen LogP contribution in [-0.4, -0.2) is 55.0 Å². The molecule has 0 aliphatic carbocycles. The van der Waals surface area contributed by atoms with Gasteiger partial charge in [0.1, 0.15) is 0 Å². The lowest BCUT2D eigenvalue weighted by molar-refractivity contribution is -0.141. The highest BCUT2D eigenvalue weighted by atomic mass is 32.1. The Kier molecular flexibility index (Phi) is 9.53. The third kappa shape index (κ3) is 7.08. The lowest BCUT2D eigenvalue weighted by Crippen LogP contribution is -2.46. The summed E-state index contributed by atoms with van der Waals surface area (Å²) in [6.45, 7) is 5.03. The second kappa shape index (κ2) is 12.6. The zero-order valence-electron chi connectivity index (χ0n) is 20.2. The standard InChI is InChI=1S/C26H32N2O4S2/c1-19(2)28(25(29)16-21-7-5-13-33-21)18-26(30)27(17-22-8-6-14-34-22)12-11-20-9-10-23(31-3)24(15-20)32-4/h5-10,13-15,19H,11-12,16-18H2,1-4H3. The van der Waals surface area contributed by atoms with Crippen molar-refractivity contribution in [2.75, 3.05) is 27.3 Å². The molecule has 2 heterocycles. The topological polar surface area (TPSA) is 59.1 Å². The SMILES string of the molecule is COc1ccc(CCN(Cc2cccs2)C(=O)CN(C(=O)Cc2cccs2)C(C)C)cc1OC. The van der Waals surface area contributed by atoms with E-state index in [1.807, 2.05) is 72.0 Å². The molecule has 3 rings (SSSR count). The Bertz CT molecular complexity index is 1050. The van der Waals surface area contributed by atoms with Gasteiger partial charge in [-0.1, -0.05) is 18.2 Å². The zero-order chi connectivity index (χ0) is 24.5. The Morgan fingerprint density at radius 3 is 2.18 bits per heavy atom. The summed E-state index contributed by atoms with van der Waals surface area (Å²) in [5, 5.41) is 3.97. The number of benzene rings is 1. The number of rotatable bonds is 12. The quantitative estimate of drug-likeness (QED) is 0.356. The predicted octanol–water partition coefficient (Wildman–Crippen LogP) is 4.88. The molecule has 6 nitrogen and oxygen atoms in total. The maximum absolute atomic E-state index is 13.4. The molecule has 2 amide bonds. The van der Waals surface area contributed by atoms with Crippen molar-refractivity contribution < 1.29 is 19.1 Å². The van der Waals surface area contributed by atoms with Crippen LogP contribution in [0.15, 0.2) is 53.2 Å². The van der Waals surface area contributed by atoms with Crippen LogP contribution in [0.25, 0.3) is 0 Å². The van der Waals surface area contributed by atoms with Crippen molar-refractivity contribution in [1.82, 2.24) is 9.80 Å². The van der Waals surface area contributed by atoms with E-state index in [-0.39, 0.29) is 24.4 Å². The van der Waals surface area contributed by atoms with Gasteiger partial charge in [0.15, 0.2) is 11.5 Å². The van der Waals surface area contributed by atoms with Gasteiger partial charge in [-0.3, -0.25) is 9.59 Å². The van der Waals surface area contributed by atoms with E-state index in [1.165, 1.54) is 0 Å². The van der Waals surface area contributed by atoms with Gasteiger partial charge in [0.05, 0.1) is 33.7 Å². The number of methoxy groups -OCH3 is 2. The molecule has 34 heavy (non-hydrogen) atoms. The van der Waals surface area contributed by atoms with Crippen LogP contribution < -0.4 is 9.47 Å². The third-order valence-corrected chi connectivity index (χ3v) is 7.29. The summed E-state index contributed by atoms with van der Waals surface area (Å²) in [4.78, 5) is 32.0. The third-order valence-electron chi connectivity index (χ3n) is 5.55. The second-order valence-electron chi connectivity index (χ2n) is 8.21. The van der Waals surface area contributed by atoms with E-state index in [0.29, 0.717) is 37.4 Å². The van der Waals surface area contributed by atoms with Crippen LogP contribution >= 0.6 is 22.7 Å². The van der Waals surface area contributed by atoms with E-state index in [0.717, 1.165) is 15.3 Å². The van der Waals surface area contributed by atoms with E-state index in [1.54, 1.807) is 41.8 Å². The summed E-state index contributed by atoms with van der Waals surface area (Å²) >= 11 is 3.18. The number of amides is 2. The van der Waals surface area contributed by atoms with Crippen LogP contribution in [0.1, 0.15) is 29.2 Å². The molecule has 0 N–H and O–H groups in total. The van der Waals surface area contributed by atoms with Gasteiger partial charge in [0.2, 0.25) is 11.8 Å². The highest BCUT2D eigenvalue weighted by molar-refractivity contribution is 7.10. The maximum atomic E-state index is 13.4. The first-order chi connectivity index (χ1) is 16.4. The van der Waals surface area contributed by atoms with Gasteiger partial charge in [0, 0.05) is 22.3 Å². The molecule has 0 unspecified atom stereocenters. The van der Waals surface area contributed by atoms with Crippen molar-refractivity contribution in [1.29, 1.82) is 0 Å². The molecular formula is C26H32N2O4S2. The number of ether oxygens (including phenoxy) is 2. The maximum Gasteiger partial charge on any atom is 0.242 e. The molecule has 0 atom stereocenters. The first-order valence-corrected chi connectivity index (χ1v) is 13.0. The number of hydrogen-bond donors (Lipinski definition) is 0. The lowest BCUT2D eigenvalue weighted by Gasteiger charge is -2.30. The molecule has 1 aromatic carbocycles.